The van der Waals surface area contributed by atoms with E-state index in [1.807, 2.05) is 105 Å². The van der Waals surface area contributed by atoms with Crippen LogP contribution < -0.4 is 0 Å². The van der Waals surface area contributed by atoms with E-state index >= 15 is 4.79 Å². The average Bonchev–Trinajstić information content (AvgIpc) is 3.57. The topological polar surface area (TPSA) is 34.1 Å². The first-order valence-corrected chi connectivity index (χ1v) is 13.8. The summed E-state index contributed by atoms with van der Waals surface area (Å²) in [6.45, 7) is 3.72. The fourth-order valence-corrected chi connectivity index (χ4v) is 8.30. The van der Waals surface area contributed by atoms with Crippen molar-refractivity contribution >= 4 is 22.7 Å². The van der Waals surface area contributed by atoms with Crippen molar-refractivity contribution in [1.82, 2.24) is 0 Å². The number of ketones is 2. The number of carbonyl (C=O) groups is 2. The molecule has 0 spiro atoms. The van der Waals surface area contributed by atoms with Crippen LogP contribution in [-0.2, 0) is 21.2 Å². The fourth-order valence-electron chi connectivity index (χ4n) is 8.30. The zero-order valence-corrected chi connectivity index (χ0v) is 22.6. The Kier molecular flexibility index (Phi) is 5.26. The number of carbonyl (C=O) groups excluding carboxylic acids is 2. The lowest BCUT2D eigenvalue weighted by Crippen LogP contribution is -2.56. The number of hydrogen-bond acceptors (Lipinski definition) is 2. The van der Waals surface area contributed by atoms with Crippen LogP contribution in [0.2, 0.25) is 0 Å². The summed E-state index contributed by atoms with van der Waals surface area (Å²) < 4.78 is 40.5. The van der Waals surface area contributed by atoms with E-state index in [1.54, 1.807) is 0 Å². The Morgan fingerprint density at radius 2 is 1.12 bits per heavy atom. The molecule has 0 bridgehead atoms. The molecular formula is C36H27F3O2. The van der Waals surface area contributed by atoms with Crippen molar-refractivity contribution in [2.75, 3.05) is 0 Å². The SMILES string of the molecule is C[C@@]12C(=O)[C@]3(C)[C@H](C(=O)C1C(c1ccccc1)=C2c1ccccc1)[C@@]3(c1ccccc1)c1ccc(C(F)(F)F)cc1. The van der Waals surface area contributed by atoms with Crippen LogP contribution in [0.4, 0.5) is 13.2 Å². The molecule has 204 valence electrons. The third kappa shape index (κ3) is 3.09. The van der Waals surface area contributed by atoms with Gasteiger partial charge in [-0.3, -0.25) is 9.59 Å². The lowest BCUT2D eigenvalue weighted by atomic mass is 9.46. The molecule has 41 heavy (non-hydrogen) atoms. The number of rotatable bonds is 4. The van der Waals surface area contributed by atoms with E-state index in [-0.39, 0.29) is 11.6 Å². The first kappa shape index (κ1) is 25.7. The van der Waals surface area contributed by atoms with Gasteiger partial charge in [-0.15, -0.1) is 0 Å². The first-order chi connectivity index (χ1) is 19.6. The van der Waals surface area contributed by atoms with E-state index in [2.05, 4.69) is 0 Å². The summed E-state index contributed by atoms with van der Waals surface area (Å²) in [5.74, 6) is -1.42. The van der Waals surface area contributed by atoms with Gasteiger partial charge in [-0.1, -0.05) is 110 Å². The van der Waals surface area contributed by atoms with Gasteiger partial charge >= 0.3 is 6.18 Å². The highest BCUT2D eigenvalue weighted by molar-refractivity contribution is 6.28. The maximum absolute atomic E-state index is 15.0. The van der Waals surface area contributed by atoms with Crippen molar-refractivity contribution in [2.24, 2.45) is 22.7 Å². The quantitative estimate of drug-likeness (QED) is 0.259. The molecule has 3 aliphatic carbocycles. The molecule has 0 heterocycles. The van der Waals surface area contributed by atoms with Gasteiger partial charge in [-0.2, -0.15) is 13.2 Å². The minimum Gasteiger partial charge on any atom is -0.299 e. The van der Waals surface area contributed by atoms with Gasteiger partial charge in [-0.25, -0.2) is 0 Å². The summed E-state index contributed by atoms with van der Waals surface area (Å²) in [6, 6.07) is 33.8. The second-order valence-corrected chi connectivity index (χ2v) is 11.8. The highest BCUT2D eigenvalue weighted by atomic mass is 19.4. The number of benzene rings is 4. The molecule has 0 saturated heterocycles. The molecule has 4 aromatic rings. The Labute approximate surface area is 236 Å². The Hall–Kier alpha value is -4.25. The van der Waals surface area contributed by atoms with Crippen LogP contribution in [0.15, 0.2) is 115 Å². The summed E-state index contributed by atoms with van der Waals surface area (Å²) in [5.41, 5.74) is 0.802. The summed E-state index contributed by atoms with van der Waals surface area (Å²) in [5, 5.41) is 0. The van der Waals surface area contributed by atoms with Gasteiger partial charge in [0.05, 0.1) is 22.3 Å². The predicted molar refractivity (Wildman–Crippen MR) is 152 cm³/mol. The summed E-state index contributed by atoms with van der Waals surface area (Å²) in [6.07, 6.45) is -4.49. The van der Waals surface area contributed by atoms with Crippen LogP contribution in [-0.4, -0.2) is 11.6 Å². The zero-order valence-electron chi connectivity index (χ0n) is 22.6. The molecule has 2 fully saturated rings. The number of alkyl halides is 3. The Bertz CT molecular complexity index is 1720. The third-order valence-electron chi connectivity index (χ3n) is 9.96. The third-order valence-corrected chi connectivity index (χ3v) is 9.96. The Morgan fingerprint density at radius 1 is 0.634 bits per heavy atom. The highest BCUT2D eigenvalue weighted by Crippen LogP contribution is 2.82. The van der Waals surface area contributed by atoms with Crippen molar-refractivity contribution in [3.8, 4) is 0 Å². The van der Waals surface area contributed by atoms with Crippen molar-refractivity contribution in [1.29, 1.82) is 0 Å². The molecule has 2 saturated carbocycles. The van der Waals surface area contributed by atoms with Gasteiger partial charge in [-0.05, 0) is 52.5 Å². The van der Waals surface area contributed by atoms with Crippen LogP contribution in [0.5, 0.6) is 0 Å². The maximum atomic E-state index is 15.0. The van der Waals surface area contributed by atoms with Crippen molar-refractivity contribution in [3.05, 3.63) is 143 Å². The van der Waals surface area contributed by atoms with E-state index in [1.165, 1.54) is 12.1 Å². The van der Waals surface area contributed by atoms with Crippen molar-refractivity contribution in [3.63, 3.8) is 0 Å². The Balaban J connectivity index is 1.46. The fraction of sp³-hybridized carbons (Fsp3) is 0.222. The first-order valence-electron chi connectivity index (χ1n) is 13.8. The lowest BCUT2D eigenvalue weighted by Gasteiger charge is -2.53. The van der Waals surface area contributed by atoms with Gasteiger partial charge < -0.3 is 0 Å². The second-order valence-electron chi connectivity index (χ2n) is 11.8. The summed E-state index contributed by atoms with van der Waals surface area (Å²) in [4.78, 5) is 29.8. The summed E-state index contributed by atoms with van der Waals surface area (Å²) in [7, 11) is 0. The minimum atomic E-state index is -4.49. The number of halogens is 3. The largest absolute Gasteiger partial charge is 0.416 e. The van der Waals surface area contributed by atoms with E-state index in [9.17, 15) is 18.0 Å². The number of hydrogen-bond donors (Lipinski definition) is 0. The van der Waals surface area contributed by atoms with E-state index in [0.717, 1.165) is 40.0 Å². The minimum absolute atomic E-state index is 0.0307. The maximum Gasteiger partial charge on any atom is 0.416 e. The highest BCUT2D eigenvalue weighted by Gasteiger charge is 2.88. The van der Waals surface area contributed by atoms with Crippen LogP contribution >= 0.6 is 0 Å². The lowest BCUT2D eigenvalue weighted by molar-refractivity contribution is -0.144. The molecule has 0 aromatic heterocycles. The van der Waals surface area contributed by atoms with Crippen LogP contribution in [0.25, 0.3) is 11.1 Å². The van der Waals surface area contributed by atoms with Crippen molar-refractivity contribution < 1.29 is 22.8 Å². The molecule has 0 radical (unpaired) electrons. The van der Waals surface area contributed by atoms with E-state index in [0.29, 0.717) is 5.56 Å². The van der Waals surface area contributed by atoms with Crippen molar-refractivity contribution in [2.45, 2.75) is 25.4 Å². The molecule has 3 aliphatic rings. The number of Topliss-reactive ketones (excluding diaryl/α,β-unsaturated/α-hetero) is 2. The second kappa shape index (κ2) is 8.39. The molecule has 7 rings (SSSR count). The summed E-state index contributed by atoms with van der Waals surface area (Å²) >= 11 is 0. The van der Waals surface area contributed by atoms with Gasteiger partial charge in [0, 0.05) is 11.3 Å². The monoisotopic (exact) mass is 548 g/mol. The molecule has 5 atom stereocenters. The zero-order chi connectivity index (χ0) is 28.8. The smallest absolute Gasteiger partial charge is 0.299 e. The van der Waals surface area contributed by atoms with Crippen LogP contribution in [0, 0.1) is 22.7 Å². The van der Waals surface area contributed by atoms with Gasteiger partial charge in [0.2, 0.25) is 0 Å². The molecular weight excluding hydrogens is 521 g/mol. The average molecular weight is 549 g/mol. The molecule has 0 amide bonds. The molecule has 2 nitrogen and oxygen atoms in total. The van der Waals surface area contributed by atoms with E-state index in [4.69, 9.17) is 0 Å². The molecule has 0 N–H and O–H groups in total. The normalized spacial score (nSPS) is 30.4. The standard InChI is InChI=1S/C36H27F3O2/c1-33-28(23-14-8-4-9-15-23)27(22-12-6-3-7-13-22)29(33)30(40)31-34(2,32(33)41)35(31,24-16-10-5-11-17-24)25-18-20-26(21-19-25)36(37,38)39/h3-21,29,31H,1-2H3/t29?,31-,33-,34-,35+/m0/s1. The molecule has 1 unspecified atom stereocenters. The predicted octanol–water partition coefficient (Wildman–Crippen LogP) is 8.03. The van der Waals surface area contributed by atoms with Gasteiger partial charge in [0.1, 0.15) is 5.78 Å². The van der Waals surface area contributed by atoms with Gasteiger partial charge in [0.25, 0.3) is 0 Å². The molecule has 4 aromatic carbocycles. The molecule has 5 heteroatoms. The number of fused-ring (bicyclic) bond motifs is 2. The van der Waals surface area contributed by atoms with Crippen LogP contribution in [0.1, 0.15) is 41.7 Å². The van der Waals surface area contributed by atoms with Gasteiger partial charge in [0.15, 0.2) is 5.78 Å². The van der Waals surface area contributed by atoms with E-state index < -0.39 is 39.8 Å². The van der Waals surface area contributed by atoms with Crippen LogP contribution in [0.3, 0.4) is 0 Å². The Morgan fingerprint density at radius 3 is 1.66 bits per heavy atom. The molecule has 0 aliphatic heterocycles. The number of allylic oxidation sites excluding steroid dienone is 2.